The first kappa shape index (κ1) is 62.4. The van der Waals surface area contributed by atoms with Crippen LogP contribution in [0.3, 0.4) is 0 Å². The number of furan rings is 1. The van der Waals surface area contributed by atoms with Crippen molar-refractivity contribution in [2.24, 2.45) is 0 Å². The molecule has 106 heavy (non-hydrogen) atoms. The lowest BCUT2D eigenvalue weighted by Crippen LogP contribution is -2.64. The van der Waals surface area contributed by atoms with Gasteiger partial charge >= 0.3 is 0 Å². The molecule has 0 saturated carbocycles. The van der Waals surface area contributed by atoms with Crippen LogP contribution in [-0.4, -0.2) is 18.0 Å². The molecule has 502 valence electrons. The zero-order valence-corrected chi connectivity index (χ0v) is 60.8. The Hall–Kier alpha value is -12.2. The normalized spacial score (nSPS) is 13.4. The Kier molecular flexibility index (Phi) is 13.9. The number of hydrogen-bond donors (Lipinski definition) is 0. The van der Waals surface area contributed by atoms with Crippen LogP contribution in [0.2, 0.25) is 0 Å². The largest absolute Gasteiger partial charge is 0.454 e. The standard InChI is InChI=1S/C98H72B2N4OS/c1-97(2,3)65-54-86-92-87(55-65)104(95-70(63-34-15-9-16-35-63)43-28-44-71(95)64-36-17-10-18-37-64)85-60-90-79(100-76-46-22-25-49-82(76)103(88-56-66(98(4,5)6)57-91(106-90)93(88)100)94-68(61-30-11-7-12-31-61)41-27-42-69(94)62-32-13-8-14-33-62)59-78(85)99(92)77-53-52-67(101-80-47-23-19-38-72(80)73-39-20-24-48-81(73)101)58-84(77)102(86)83-50-29-45-75-74-40-21-26-51-89(74)105-96(75)83/h7-60H,1-6H3. The first-order valence-electron chi connectivity index (χ1n) is 37.1. The van der Waals surface area contributed by atoms with E-state index in [-0.39, 0.29) is 24.3 Å². The van der Waals surface area contributed by atoms with Crippen molar-refractivity contribution in [1.29, 1.82) is 0 Å². The van der Waals surface area contributed by atoms with Crippen LogP contribution in [0.15, 0.2) is 342 Å². The van der Waals surface area contributed by atoms with Crippen LogP contribution < -0.4 is 47.5 Å². The van der Waals surface area contributed by atoms with Gasteiger partial charge in [0.1, 0.15) is 5.58 Å². The number of rotatable bonds is 8. The summed E-state index contributed by atoms with van der Waals surface area (Å²) in [5, 5.41) is 4.62. The highest BCUT2D eigenvalue weighted by atomic mass is 32.2. The molecule has 0 aliphatic carbocycles. The summed E-state index contributed by atoms with van der Waals surface area (Å²) < 4.78 is 9.76. The number of benzene rings is 15. The van der Waals surface area contributed by atoms with Crippen LogP contribution in [0, 0.1) is 0 Å². The molecule has 0 N–H and O–H groups in total. The second-order valence-electron chi connectivity index (χ2n) is 31.0. The van der Waals surface area contributed by atoms with Gasteiger partial charge in [0, 0.05) is 93.4 Å². The second kappa shape index (κ2) is 23.7. The third-order valence-electron chi connectivity index (χ3n) is 22.9. The molecule has 15 aromatic carbocycles. The fraction of sp³-hybridized carbons (Fsp3) is 0.0816. The van der Waals surface area contributed by atoms with Gasteiger partial charge in [-0.25, -0.2) is 0 Å². The Bertz CT molecular complexity index is 6320. The lowest BCUT2D eigenvalue weighted by atomic mass is 9.31. The molecule has 8 heteroatoms. The van der Waals surface area contributed by atoms with E-state index in [0.717, 1.165) is 95.0 Å². The monoisotopic (exact) mass is 1370 g/mol. The average Bonchev–Trinajstić information content (AvgIpc) is 0.729. The van der Waals surface area contributed by atoms with E-state index in [1.54, 1.807) is 0 Å². The molecule has 0 radical (unpaired) electrons. The maximum absolute atomic E-state index is 7.27. The zero-order chi connectivity index (χ0) is 70.8. The van der Waals surface area contributed by atoms with Crippen molar-refractivity contribution >= 4 is 153 Å². The van der Waals surface area contributed by atoms with E-state index in [1.807, 2.05) is 11.8 Å². The van der Waals surface area contributed by atoms with Gasteiger partial charge in [0.15, 0.2) is 5.58 Å². The molecule has 21 rings (SSSR count). The summed E-state index contributed by atoms with van der Waals surface area (Å²) in [5.41, 5.74) is 34.3. The molecule has 0 bridgehead atoms. The van der Waals surface area contributed by atoms with Crippen LogP contribution in [-0.2, 0) is 10.8 Å². The van der Waals surface area contributed by atoms with E-state index in [4.69, 9.17) is 4.42 Å². The molecular formula is C98H72B2N4OS. The lowest BCUT2D eigenvalue weighted by molar-refractivity contribution is 0.589. The van der Waals surface area contributed by atoms with E-state index in [1.165, 1.54) is 104 Å². The van der Waals surface area contributed by atoms with Gasteiger partial charge in [0.05, 0.1) is 28.1 Å². The van der Waals surface area contributed by atoms with Crippen molar-refractivity contribution in [1.82, 2.24) is 4.57 Å². The van der Waals surface area contributed by atoms with Crippen LogP contribution >= 0.6 is 11.8 Å². The van der Waals surface area contributed by atoms with E-state index in [2.05, 4.69) is 388 Å². The lowest BCUT2D eigenvalue weighted by Gasteiger charge is -2.47. The van der Waals surface area contributed by atoms with Gasteiger partial charge in [-0.15, -0.1) is 0 Å². The van der Waals surface area contributed by atoms with Gasteiger partial charge in [-0.2, -0.15) is 0 Å². The summed E-state index contributed by atoms with van der Waals surface area (Å²) in [7, 11) is 0. The zero-order valence-electron chi connectivity index (χ0n) is 59.9. The SMILES string of the molecule is CC(C)(C)c1cc2c3c(c1)N(c1c(-c4ccccc4)cccc1-c1ccccc1)c1ccccc1B3c1cc3c(cc1S2)N(c1c(-c2ccccc2)cccc1-c1ccccc1)c1cc(C(C)(C)C)cc2c1B3c1ccc(-n3c4ccccc4c4ccccc43)cc1N2c1cccc2c1oc1ccccc12. The van der Waals surface area contributed by atoms with E-state index >= 15 is 0 Å². The van der Waals surface area contributed by atoms with Gasteiger partial charge < -0.3 is 23.7 Å². The fourth-order valence-electron chi connectivity index (χ4n) is 18.0. The molecule has 5 nitrogen and oxygen atoms in total. The van der Waals surface area contributed by atoms with E-state index in [9.17, 15) is 0 Å². The highest BCUT2D eigenvalue weighted by Crippen LogP contribution is 2.55. The van der Waals surface area contributed by atoms with Crippen LogP contribution in [0.1, 0.15) is 52.7 Å². The quantitative estimate of drug-likeness (QED) is 0.141. The molecular weight excluding hydrogens is 1300 g/mol. The van der Waals surface area contributed by atoms with E-state index < -0.39 is 0 Å². The molecule has 0 fully saturated rings. The Morgan fingerprint density at radius 2 is 0.726 bits per heavy atom. The Morgan fingerprint density at radius 1 is 0.292 bits per heavy atom. The van der Waals surface area contributed by atoms with Gasteiger partial charge in [0.2, 0.25) is 6.71 Å². The predicted molar refractivity (Wildman–Crippen MR) is 451 cm³/mol. The van der Waals surface area contributed by atoms with Crippen molar-refractivity contribution in [3.8, 4) is 50.2 Å². The van der Waals surface area contributed by atoms with Gasteiger partial charge in [-0.05, 0) is 144 Å². The van der Waals surface area contributed by atoms with Crippen LogP contribution in [0.25, 0.3) is 93.9 Å². The Labute approximate surface area is 623 Å². The summed E-state index contributed by atoms with van der Waals surface area (Å²) in [4.78, 5) is 10.5. The maximum Gasteiger partial charge on any atom is 0.252 e. The van der Waals surface area contributed by atoms with Gasteiger partial charge in [-0.3, -0.25) is 0 Å². The molecule has 0 unspecified atom stereocenters. The van der Waals surface area contributed by atoms with Gasteiger partial charge in [-0.1, -0.05) is 314 Å². The van der Waals surface area contributed by atoms with E-state index in [0.29, 0.717) is 0 Å². The predicted octanol–water partition coefficient (Wildman–Crippen LogP) is 22.8. The van der Waals surface area contributed by atoms with Crippen molar-refractivity contribution in [3.63, 3.8) is 0 Å². The maximum atomic E-state index is 7.27. The first-order chi connectivity index (χ1) is 51.9. The molecule has 4 aliphatic rings. The number of para-hydroxylation sites is 7. The summed E-state index contributed by atoms with van der Waals surface area (Å²) in [6.07, 6.45) is 0. The summed E-state index contributed by atoms with van der Waals surface area (Å²) >= 11 is 1.95. The minimum atomic E-state index is -0.306. The molecule has 2 aromatic heterocycles. The Balaban J connectivity index is 0.896. The summed E-state index contributed by atoms with van der Waals surface area (Å²) in [5.74, 6) is 0. The summed E-state index contributed by atoms with van der Waals surface area (Å²) in [6.45, 7) is 13.9. The Morgan fingerprint density at radius 3 is 1.30 bits per heavy atom. The van der Waals surface area contributed by atoms with Crippen molar-refractivity contribution in [2.75, 3.05) is 14.7 Å². The number of aromatic nitrogens is 1. The van der Waals surface area contributed by atoms with Gasteiger partial charge in [0.25, 0.3) is 6.71 Å². The third-order valence-corrected chi connectivity index (χ3v) is 24.0. The highest BCUT2D eigenvalue weighted by molar-refractivity contribution is 8.00. The smallest absolute Gasteiger partial charge is 0.252 e. The molecule has 17 aromatic rings. The van der Waals surface area contributed by atoms with Crippen molar-refractivity contribution in [2.45, 2.75) is 62.2 Å². The number of fused-ring (bicyclic) bond motifs is 14. The number of anilines is 9. The molecule has 6 heterocycles. The molecule has 0 atom stereocenters. The second-order valence-corrected chi connectivity index (χ2v) is 32.1. The third kappa shape index (κ3) is 9.46. The number of hydrogen-bond acceptors (Lipinski definition) is 5. The van der Waals surface area contributed by atoms with Crippen LogP contribution in [0.5, 0.6) is 0 Å². The summed E-state index contributed by atoms with van der Waals surface area (Å²) in [6, 6.07) is 123. The molecule has 0 spiro atoms. The minimum Gasteiger partial charge on any atom is -0.454 e. The molecule has 4 aliphatic heterocycles. The molecule has 0 saturated heterocycles. The van der Waals surface area contributed by atoms with Crippen molar-refractivity contribution < 1.29 is 4.42 Å². The number of nitrogens with zero attached hydrogens (tertiary/aromatic N) is 4. The van der Waals surface area contributed by atoms with Crippen LogP contribution in [0.4, 0.5) is 51.2 Å². The minimum absolute atomic E-state index is 0.144. The topological polar surface area (TPSA) is 27.8 Å². The molecule has 0 amide bonds. The fourth-order valence-corrected chi connectivity index (χ4v) is 19.2. The highest BCUT2D eigenvalue weighted by Gasteiger charge is 2.49. The first-order valence-corrected chi connectivity index (χ1v) is 37.9. The average molecular weight is 1380 g/mol. The van der Waals surface area contributed by atoms with Crippen molar-refractivity contribution in [3.05, 3.63) is 339 Å².